The van der Waals surface area contributed by atoms with Crippen molar-refractivity contribution in [1.29, 1.82) is 0 Å². The van der Waals surface area contributed by atoms with Gasteiger partial charge in [0.1, 0.15) is 18.1 Å². The van der Waals surface area contributed by atoms with E-state index in [0.29, 0.717) is 27.9 Å². The van der Waals surface area contributed by atoms with Crippen molar-refractivity contribution < 1.29 is 46.5 Å². The van der Waals surface area contributed by atoms with Crippen LogP contribution in [0.1, 0.15) is 54.7 Å². The number of amides is 1. The number of esters is 2. The molecule has 0 saturated heterocycles. The molecule has 0 aliphatic rings. The minimum absolute atomic E-state index is 0.0788. The highest BCUT2D eigenvalue weighted by Crippen LogP contribution is 2.36. The maximum atomic E-state index is 13.6. The molecule has 0 aromatic heterocycles. The molecular weight excluding hydrogens is 663 g/mol. The molecule has 1 unspecified atom stereocenters. The Labute approximate surface area is 295 Å². The number of carbonyl (C=O) groups excluding carboxylic acids is 3. The van der Waals surface area contributed by atoms with Gasteiger partial charge in [-0.05, 0) is 80.3 Å². The number of anilines is 1. The van der Waals surface area contributed by atoms with Crippen LogP contribution in [-0.2, 0) is 41.8 Å². The van der Waals surface area contributed by atoms with Crippen LogP contribution in [0.3, 0.4) is 0 Å². The van der Waals surface area contributed by atoms with Crippen molar-refractivity contribution >= 4 is 23.5 Å². The normalized spacial score (nSPS) is 12.4. The summed E-state index contributed by atoms with van der Waals surface area (Å²) in [7, 11) is 0. The molecule has 0 radical (unpaired) electrons. The van der Waals surface area contributed by atoms with E-state index in [2.05, 4.69) is 11.9 Å². The van der Waals surface area contributed by atoms with Crippen molar-refractivity contribution in [3.05, 3.63) is 132 Å². The van der Waals surface area contributed by atoms with Crippen LogP contribution in [0.2, 0.25) is 0 Å². The van der Waals surface area contributed by atoms with Crippen molar-refractivity contribution in [1.82, 2.24) is 0 Å². The Kier molecular flexibility index (Phi) is 12.7. The molecule has 51 heavy (non-hydrogen) atoms. The highest BCUT2D eigenvalue weighted by Gasteiger charge is 2.48. The molecule has 0 fully saturated rings. The molecule has 0 saturated carbocycles. The first-order valence-electron chi connectivity index (χ1n) is 16.4. The van der Waals surface area contributed by atoms with Gasteiger partial charge < -0.3 is 24.3 Å². The number of benzene rings is 4. The summed E-state index contributed by atoms with van der Waals surface area (Å²) in [5.74, 6) is -1.48. The number of alkyl halides is 3. The van der Waals surface area contributed by atoms with Crippen LogP contribution in [0.15, 0.2) is 109 Å². The van der Waals surface area contributed by atoms with Crippen LogP contribution in [0.25, 0.3) is 11.1 Å². The Hall–Kier alpha value is -5.58. The first-order chi connectivity index (χ1) is 24.3. The van der Waals surface area contributed by atoms with Gasteiger partial charge in [-0.15, -0.1) is 0 Å². The second kappa shape index (κ2) is 16.9. The molecule has 4 aromatic carbocycles. The second-order valence-electron chi connectivity index (χ2n) is 11.8. The van der Waals surface area contributed by atoms with Crippen molar-refractivity contribution in [2.45, 2.75) is 51.8 Å². The zero-order chi connectivity index (χ0) is 37.2. The van der Waals surface area contributed by atoms with Crippen LogP contribution < -0.4 is 10.1 Å². The minimum Gasteiger partial charge on any atom is -0.497 e. The Morgan fingerprint density at radius 1 is 0.784 bits per heavy atom. The molecule has 0 aliphatic heterocycles. The highest BCUT2D eigenvalue weighted by molar-refractivity contribution is 6.09. The minimum atomic E-state index is -4.49. The van der Waals surface area contributed by atoms with E-state index in [1.807, 2.05) is 0 Å². The second-order valence-corrected chi connectivity index (χ2v) is 11.8. The van der Waals surface area contributed by atoms with Gasteiger partial charge in [0, 0.05) is 5.56 Å². The summed E-state index contributed by atoms with van der Waals surface area (Å²) in [4.78, 5) is 40.3. The number of nitrogens with one attached hydrogen (secondary N) is 1. The average Bonchev–Trinajstić information content (AvgIpc) is 3.10. The maximum absolute atomic E-state index is 13.6. The summed E-state index contributed by atoms with van der Waals surface area (Å²) in [6, 6.07) is 24.6. The summed E-state index contributed by atoms with van der Waals surface area (Å²) in [5, 5.41) is 2.84. The lowest BCUT2D eigenvalue weighted by Crippen LogP contribution is -2.45. The Morgan fingerprint density at radius 3 is 2.06 bits per heavy atom. The first kappa shape index (κ1) is 38.2. The summed E-state index contributed by atoms with van der Waals surface area (Å²) < 4.78 is 62.2. The molecule has 1 atom stereocenters. The van der Waals surface area contributed by atoms with Gasteiger partial charge in [0.25, 0.3) is 5.91 Å². The van der Waals surface area contributed by atoms with E-state index in [1.165, 1.54) is 12.1 Å². The first-order valence-corrected chi connectivity index (χ1v) is 16.4. The fourth-order valence-corrected chi connectivity index (χ4v) is 5.39. The van der Waals surface area contributed by atoms with Gasteiger partial charge in [-0.2, -0.15) is 13.2 Å². The van der Waals surface area contributed by atoms with Gasteiger partial charge in [0.2, 0.25) is 0 Å². The fourth-order valence-electron chi connectivity index (χ4n) is 5.39. The molecule has 1 N–H and O–H groups in total. The molecule has 0 bridgehead atoms. The van der Waals surface area contributed by atoms with E-state index in [9.17, 15) is 27.6 Å². The fraction of sp³-hybridized carbons (Fsp3) is 0.275. The number of carbonyl (C=O) groups is 3. The predicted octanol–water partition coefficient (Wildman–Crippen LogP) is 8.55. The van der Waals surface area contributed by atoms with Crippen LogP contribution in [0.5, 0.6) is 5.75 Å². The zero-order valence-corrected chi connectivity index (χ0v) is 28.8. The van der Waals surface area contributed by atoms with Crippen molar-refractivity contribution in [3.8, 4) is 16.9 Å². The molecule has 0 spiro atoms. The SMILES string of the molecule is C=C(OCC)C(COC(=O)Cc1ccc(NC(=O)c2ccccc2-c2ccc(C(F)(F)F)cc2)c(OC(C)C)c1)(C(=O)OCC)c1ccccc1. The Balaban J connectivity index is 1.56. The van der Waals surface area contributed by atoms with Crippen LogP contribution in [0.4, 0.5) is 18.9 Å². The van der Waals surface area contributed by atoms with Crippen molar-refractivity contribution in [2.24, 2.45) is 0 Å². The van der Waals surface area contributed by atoms with Crippen molar-refractivity contribution in [3.63, 3.8) is 0 Å². The number of hydrogen-bond acceptors (Lipinski definition) is 7. The predicted molar refractivity (Wildman–Crippen MR) is 187 cm³/mol. The molecule has 4 aromatic rings. The lowest BCUT2D eigenvalue weighted by molar-refractivity contribution is -0.157. The molecular formula is C40H40F3NO7. The monoisotopic (exact) mass is 703 g/mol. The van der Waals surface area contributed by atoms with E-state index in [4.69, 9.17) is 18.9 Å². The quantitative estimate of drug-likeness (QED) is 0.0979. The maximum Gasteiger partial charge on any atom is 0.416 e. The summed E-state index contributed by atoms with van der Waals surface area (Å²) in [6.45, 7) is 10.9. The number of hydrogen-bond donors (Lipinski definition) is 1. The van der Waals surface area contributed by atoms with E-state index in [-0.39, 0.29) is 42.8 Å². The van der Waals surface area contributed by atoms with Gasteiger partial charge in [0.15, 0.2) is 5.41 Å². The van der Waals surface area contributed by atoms with E-state index in [1.54, 1.807) is 100 Å². The third-order valence-corrected chi connectivity index (χ3v) is 7.83. The van der Waals surface area contributed by atoms with Gasteiger partial charge in [-0.25, -0.2) is 0 Å². The van der Waals surface area contributed by atoms with E-state index >= 15 is 0 Å². The zero-order valence-electron chi connectivity index (χ0n) is 28.8. The summed E-state index contributed by atoms with van der Waals surface area (Å²) in [6.07, 6.45) is -4.99. The summed E-state index contributed by atoms with van der Waals surface area (Å²) >= 11 is 0. The average molecular weight is 704 g/mol. The topological polar surface area (TPSA) is 100 Å². The third-order valence-electron chi connectivity index (χ3n) is 7.83. The number of ether oxygens (including phenoxy) is 4. The highest BCUT2D eigenvalue weighted by atomic mass is 19.4. The molecule has 0 aliphatic carbocycles. The molecule has 1 amide bonds. The van der Waals surface area contributed by atoms with Crippen LogP contribution in [-0.4, -0.2) is 43.8 Å². The van der Waals surface area contributed by atoms with Gasteiger partial charge in [-0.3, -0.25) is 14.4 Å². The van der Waals surface area contributed by atoms with Crippen LogP contribution >= 0.6 is 0 Å². The molecule has 4 rings (SSSR count). The summed E-state index contributed by atoms with van der Waals surface area (Å²) in [5.41, 5.74) is 0.00844. The Bertz CT molecular complexity index is 1820. The van der Waals surface area contributed by atoms with Gasteiger partial charge in [-0.1, -0.05) is 73.3 Å². The van der Waals surface area contributed by atoms with Gasteiger partial charge >= 0.3 is 18.1 Å². The lowest BCUT2D eigenvalue weighted by Gasteiger charge is -2.32. The van der Waals surface area contributed by atoms with E-state index < -0.39 is 41.6 Å². The Morgan fingerprint density at radius 2 is 1.43 bits per heavy atom. The standard InChI is InChI=1S/C40H40F3NO7/c1-6-48-27(5)39(38(47)49-7-2,30-13-9-8-10-14-30)25-50-36(45)24-28-17-22-34(35(23-28)51-26(3)4)44-37(46)33-16-12-11-15-32(33)29-18-20-31(21-19-29)40(41,42)43/h8-23,26H,5-7,24-25H2,1-4H3,(H,44,46). The third kappa shape index (κ3) is 9.36. The number of rotatable bonds is 15. The molecule has 8 nitrogen and oxygen atoms in total. The van der Waals surface area contributed by atoms with Gasteiger partial charge in [0.05, 0.1) is 37.0 Å². The largest absolute Gasteiger partial charge is 0.497 e. The van der Waals surface area contributed by atoms with Crippen molar-refractivity contribution in [2.75, 3.05) is 25.1 Å². The van der Waals surface area contributed by atoms with E-state index in [0.717, 1.165) is 12.1 Å². The smallest absolute Gasteiger partial charge is 0.416 e. The molecule has 11 heteroatoms. The lowest BCUT2D eigenvalue weighted by atomic mass is 9.79. The molecule has 268 valence electrons. The molecule has 0 heterocycles. The number of halogens is 3. The van der Waals surface area contributed by atoms with Crippen LogP contribution in [0, 0.1) is 0 Å².